The fourth-order valence-electron chi connectivity index (χ4n) is 3.61. The van der Waals surface area contributed by atoms with Crippen LogP contribution >= 0.6 is 24.0 Å². The zero-order chi connectivity index (χ0) is 23.1. The molecule has 2 aliphatic rings. The first-order valence-corrected chi connectivity index (χ1v) is 12.0. The lowest BCUT2D eigenvalue weighted by Gasteiger charge is -2.32. The van der Waals surface area contributed by atoms with Crippen molar-refractivity contribution >= 4 is 52.2 Å². The van der Waals surface area contributed by atoms with E-state index in [2.05, 4.69) is 11.9 Å². The molecule has 0 atom stereocenters. The number of rotatable bonds is 8. The molecule has 2 saturated heterocycles. The average molecular weight is 476 g/mol. The molecule has 2 aliphatic heterocycles. The van der Waals surface area contributed by atoms with Gasteiger partial charge in [-0.3, -0.25) is 14.5 Å². The molecule has 0 spiro atoms. The first-order valence-electron chi connectivity index (χ1n) is 10.8. The van der Waals surface area contributed by atoms with Crippen LogP contribution in [-0.4, -0.2) is 83.7 Å². The van der Waals surface area contributed by atoms with E-state index in [1.165, 1.54) is 18.9 Å². The quantitative estimate of drug-likeness (QED) is 0.248. The molecule has 2 amide bonds. The number of nitrogens with zero attached hydrogens (tertiary/aromatic N) is 3. The van der Waals surface area contributed by atoms with E-state index < -0.39 is 5.97 Å². The molecule has 7 nitrogen and oxygen atoms in total. The topological polar surface area (TPSA) is 70.2 Å². The molecule has 0 unspecified atom stereocenters. The number of methoxy groups -OCH3 is 1. The monoisotopic (exact) mass is 475 g/mol. The highest BCUT2D eigenvalue weighted by atomic mass is 32.2. The van der Waals surface area contributed by atoms with Crippen molar-refractivity contribution in [2.45, 2.75) is 25.7 Å². The van der Waals surface area contributed by atoms with Gasteiger partial charge in [-0.05, 0) is 43.7 Å². The Hall–Kier alpha value is -2.23. The minimum atomic E-state index is -0.395. The number of esters is 1. The molecule has 0 N–H and O–H groups in total. The lowest BCUT2D eigenvalue weighted by atomic mass is 10.1. The van der Waals surface area contributed by atoms with Crippen LogP contribution in [0.4, 0.5) is 0 Å². The van der Waals surface area contributed by atoms with Crippen LogP contribution in [0.25, 0.3) is 6.08 Å². The van der Waals surface area contributed by atoms with Crippen LogP contribution in [0.15, 0.2) is 29.2 Å². The van der Waals surface area contributed by atoms with Crippen LogP contribution in [0.1, 0.15) is 41.6 Å². The summed E-state index contributed by atoms with van der Waals surface area (Å²) in [7, 11) is 3.42. The van der Waals surface area contributed by atoms with Gasteiger partial charge in [-0.25, -0.2) is 4.79 Å². The van der Waals surface area contributed by atoms with Crippen molar-refractivity contribution in [3.8, 4) is 0 Å². The first-order chi connectivity index (χ1) is 15.4. The molecule has 0 bridgehead atoms. The van der Waals surface area contributed by atoms with Crippen LogP contribution < -0.4 is 0 Å². The normalized spacial score (nSPS) is 18.5. The van der Waals surface area contributed by atoms with Crippen LogP contribution in [0.2, 0.25) is 0 Å². The van der Waals surface area contributed by atoms with E-state index in [1.807, 2.05) is 4.90 Å². The first kappa shape index (κ1) is 24.4. The van der Waals surface area contributed by atoms with Crippen molar-refractivity contribution in [2.24, 2.45) is 0 Å². The summed E-state index contributed by atoms with van der Waals surface area (Å²) in [6.07, 6.45) is 4.86. The molecule has 2 heterocycles. The second-order valence-electron chi connectivity index (χ2n) is 7.94. The summed E-state index contributed by atoms with van der Waals surface area (Å²) in [6, 6.07) is 6.88. The summed E-state index contributed by atoms with van der Waals surface area (Å²) in [5, 5.41) is 0. The second-order valence-corrected chi connectivity index (χ2v) is 9.62. The Morgan fingerprint density at radius 2 is 1.78 bits per heavy atom. The summed E-state index contributed by atoms with van der Waals surface area (Å²) < 4.78 is 5.25. The van der Waals surface area contributed by atoms with Crippen LogP contribution in [0.3, 0.4) is 0 Å². The predicted octanol–water partition coefficient (Wildman–Crippen LogP) is 3.01. The van der Waals surface area contributed by atoms with Crippen molar-refractivity contribution in [2.75, 3.05) is 46.9 Å². The molecule has 1 aromatic rings. The third-order valence-electron chi connectivity index (χ3n) is 5.63. The summed E-state index contributed by atoms with van der Waals surface area (Å²) in [4.78, 5) is 43.0. The van der Waals surface area contributed by atoms with Crippen LogP contribution in [0.5, 0.6) is 0 Å². The number of amides is 2. The Labute approximate surface area is 198 Å². The van der Waals surface area contributed by atoms with Gasteiger partial charge in [-0.15, -0.1) is 0 Å². The molecule has 1 aromatic carbocycles. The molecule has 0 radical (unpaired) electrons. The third kappa shape index (κ3) is 6.40. The summed E-state index contributed by atoms with van der Waals surface area (Å²) in [6.45, 7) is 4.05. The molecular weight excluding hydrogens is 446 g/mol. The molecule has 0 saturated carbocycles. The van der Waals surface area contributed by atoms with Gasteiger partial charge in [0.15, 0.2) is 0 Å². The maximum Gasteiger partial charge on any atom is 0.337 e. The molecule has 172 valence electrons. The fraction of sp³-hybridized carbons (Fsp3) is 0.478. The number of thioether (sulfide) groups is 1. The number of likely N-dealkylation sites (N-methyl/N-ethyl adjacent to an activating group) is 1. The molecule has 32 heavy (non-hydrogen) atoms. The molecule has 3 rings (SSSR count). The van der Waals surface area contributed by atoms with E-state index in [1.54, 1.807) is 35.2 Å². The van der Waals surface area contributed by atoms with Crippen molar-refractivity contribution in [1.29, 1.82) is 0 Å². The van der Waals surface area contributed by atoms with Crippen LogP contribution in [-0.2, 0) is 14.3 Å². The van der Waals surface area contributed by atoms with Crippen LogP contribution in [0, 0.1) is 0 Å². The second kappa shape index (κ2) is 11.6. The fourth-order valence-corrected chi connectivity index (χ4v) is 4.92. The molecule has 9 heteroatoms. The summed E-state index contributed by atoms with van der Waals surface area (Å²) >= 11 is 6.69. The van der Waals surface area contributed by atoms with Gasteiger partial charge < -0.3 is 14.5 Å². The maximum atomic E-state index is 12.8. The number of benzene rings is 1. The molecule has 0 aliphatic carbocycles. The van der Waals surface area contributed by atoms with E-state index in [0.29, 0.717) is 27.8 Å². The number of thiocarbonyl (C=S) groups is 1. The van der Waals surface area contributed by atoms with Gasteiger partial charge in [0.1, 0.15) is 4.32 Å². The highest BCUT2D eigenvalue weighted by molar-refractivity contribution is 8.26. The van der Waals surface area contributed by atoms with Gasteiger partial charge in [-0.1, -0.05) is 42.5 Å². The molecule has 2 fully saturated rings. The Balaban J connectivity index is 1.43. The van der Waals surface area contributed by atoms with Gasteiger partial charge in [0.05, 0.1) is 17.6 Å². The molecular formula is C23H29N3O4S2. The third-order valence-corrected chi connectivity index (χ3v) is 7.01. The van der Waals surface area contributed by atoms with Gasteiger partial charge in [0.25, 0.3) is 5.91 Å². The number of ether oxygens (including phenoxy) is 1. The highest BCUT2D eigenvalue weighted by Crippen LogP contribution is 2.32. The van der Waals surface area contributed by atoms with Gasteiger partial charge in [0, 0.05) is 39.1 Å². The smallest absolute Gasteiger partial charge is 0.337 e. The highest BCUT2D eigenvalue weighted by Gasteiger charge is 2.31. The van der Waals surface area contributed by atoms with Crippen molar-refractivity contribution < 1.29 is 19.1 Å². The predicted molar refractivity (Wildman–Crippen MR) is 130 cm³/mol. The zero-order valence-corrected chi connectivity index (χ0v) is 20.2. The standard InChI is InChI=1S/C23H29N3O4S2/c1-24-12-14-25(15-13-24)20(27)6-4-3-5-11-26-21(28)19(32-23(26)31)16-17-7-9-18(10-8-17)22(29)30-2/h7-10,16H,3-6,11-15H2,1-2H3. The SMILES string of the molecule is COC(=O)c1ccc(C=C2SC(=S)N(CCCCCC(=O)N3CCN(C)CC3)C2=O)cc1. The summed E-state index contributed by atoms with van der Waals surface area (Å²) in [5.74, 6) is -0.261. The zero-order valence-electron chi connectivity index (χ0n) is 18.5. The van der Waals surface area contributed by atoms with E-state index in [0.717, 1.165) is 51.0 Å². The van der Waals surface area contributed by atoms with Gasteiger partial charge in [-0.2, -0.15) is 0 Å². The molecule has 0 aromatic heterocycles. The van der Waals surface area contributed by atoms with Crippen molar-refractivity contribution in [3.05, 3.63) is 40.3 Å². The minimum Gasteiger partial charge on any atom is -0.465 e. The number of unbranched alkanes of at least 4 members (excludes halogenated alkanes) is 2. The Morgan fingerprint density at radius 1 is 1.09 bits per heavy atom. The Kier molecular flexibility index (Phi) is 8.84. The van der Waals surface area contributed by atoms with E-state index in [-0.39, 0.29) is 11.8 Å². The number of hydrogen-bond donors (Lipinski definition) is 0. The summed E-state index contributed by atoms with van der Waals surface area (Å²) in [5.41, 5.74) is 1.28. The Bertz CT molecular complexity index is 893. The number of carbonyl (C=O) groups is 3. The lowest BCUT2D eigenvalue weighted by molar-refractivity contribution is -0.133. The number of hydrogen-bond acceptors (Lipinski definition) is 7. The average Bonchev–Trinajstić information content (AvgIpc) is 3.06. The van der Waals surface area contributed by atoms with Crippen molar-refractivity contribution in [1.82, 2.24) is 14.7 Å². The van der Waals surface area contributed by atoms with Crippen molar-refractivity contribution in [3.63, 3.8) is 0 Å². The number of piperazine rings is 1. The minimum absolute atomic E-state index is 0.0921. The van der Waals surface area contributed by atoms with Gasteiger partial charge >= 0.3 is 5.97 Å². The van der Waals surface area contributed by atoms with E-state index >= 15 is 0 Å². The van der Waals surface area contributed by atoms with Gasteiger partial charge in [0.2, 0.25) is 5.91 Å². The van der Waals surface area contributed by atoms with E-state index in [9.17, 15) is 14.4 Å². The maximum absolute atomic E-state index is 12.8. The lowest BCUT2D eigenvalue weighted by Crippen LogP contribution is -2.47. The number of carbonyl (C=O) groups excluding carboxylic acids is 3. The Morgan fingerprint density at radius 3 is 2.44 bits per heavy atom. The largest absolute Gasteiger partial charge is 0.465 e. The van der Waals surface area contributed by atoms with E-state index in [4.69, 9.17) is 17.0 Å².